The van der Waals surface area contributed by atoms with Gasteiger partial charge < -0.3 is 25.2 Å². The van der Waals surface area contributed by atoms with Gasteiger partial charge in [0.2, 0.25) is 0 Å². The zero-order chi connectivity index (χ0) is 26.7. The van der Waals surface area contributed by atoms with Crippen LogP contribution in [0.15, 0.2) is 11.6 Å². The van der Waals surface area contributed by atoms with Crippen LogP contribution in [-0.2, 0) is 9.59 Å². The average molecular weight is 503 g/mol. The highest BCUT2D eigenvalue weighted by molar-refractivity contribution is 5.77. The van der Waals surface area contributed by atoms with Crippen molar-refractivity contribution in [2.75, 3.05) is 0 Å². The maximum absolute atomic E-state index is 12.8. The Hall–Kier alpha value is -1.24. The Morgan fingerprint density at radius 1 is 1.03 bits per heavy atom. The molecule has 0 radical (unpaired) electrons. The molecule has 0 aromatic carbocycles. The molecule has 6 nitrogen and oxygen atoms in total. The Morgan fingerprint density at radius 2 is 1.69 bits per heavy atom. The molecule has 3 unspecified atom stereocenters. The molecule has 5 rings (SSSR count). The summed E-state index contributed by atoms with van der Waals surface area (Å²) in [5.41, 5.74) is -3.04. The van der Waals surface area contributed by atoms with Crippen molar-refractivity contribution in [2.45, 2.75) is 111 Å². The molecule has 12 atom stereocenters. The number of carboxylic acid groups (broad SMARTS) is 1. The van der Waals surface area contributed by atoms with Gasteiger partial charge in [-0.3, -0.25) is 4.79 Å². The van der Waals surface area contributed by atoms with Crippen LogP contribution in [0.1, 0.15) is 92.9 Å². The third kappa shape index (κ3) is 2.85. The maximum Gasteiger partial charge on any atom is 0.310 e. The van der Waals surface area contributed by atoms with E-state index in [-0.39, 0.29) is 34.0 Å². The summed E-state index contributed by atoms with van der Waals surface area (Å²) >= 11 is 0. The molecule has 0 saturated heterocycles. The quantitative estimate of drug-likeness (QED) is 0.330. The molecule has 6 heteroatoms. The van der Waals surface area contributed by atoms with Crippen LogP contribution in [0.4, 0.5) is 0 Å². The number of aliphatic hydroxyl groups excluding tert-OH is 2. The van der Waals surface area contributed by atoms with Crippen molar-refractivity contribution >= 4 is 12.3 Å². The fourth-order valence-electron chi connectivity index (χ4n) is 10.9. The van der Waals surface area contributed by atoms with Crippen LogP contribution in [0.25, 0.3) is 0 Å². The highest BCUT2D eigenvalue weighted by Crippen LogP contribution is 2.75. The number of hydrogen-bond acceptors (Lipinski definition) is 5. The average Bonchev–Trinajstić information content (AvgIpc) is 2.79. The molecule has 4 N–H and O–H groups in total. The van der Waals surface area contributed by atoms with E-state index in [4.69, 9.17) is 0 Å². The van der Waals surface area contributed by atoms with Gasteiger partial charge in [-0.05, 0) is 86.4 Å². The monoisotopic (exact) mass is 502 g/mol. The first kappa shape index (κ1) is 26.4. The molecule has 0 heterocycles. The second kappa shape index (κ2) is 7.66. The van der Waals surface area contributed by atoms with Crippen LogP contribution in [-0.4, -0.2) is 50.5 Å². The lowest BCUT2D eigenvalue weighted by Gasteiger charge is -2.72. The maximum atomic E-state index is 12.8. The third-order valence-corrected chi connectivity index (χ3v) is 13.3. The van der Waals surface area contributed by atoms with Crippen LogP contribution < -0.4 is 0 Å². The van der Waals surface area contributed by atoms with Crippen molar-refractivity contribution in [3.63, 3.8) is 0 Å². The topological polar surface area (TPSA) is 115 Å². The Morgan fingerprint density at radius 3 is 2.31 bits per heavy atom. The van der Waals surface area contributed by atoms with Crippen LogP contribution >= 0.6 is 0 Å². The van der Waals surface area contributed by atoms with Crippen molar-refractivity contribution in [1.82, 2.24) is 0 Å². The molecular weight excluding hydrogens is 456 g/mol. The minimum absolute atomic E-state index is 0.00395. The fourth-order valence-corrected chi connectivity index (χ4v) is 10.9. The highest BCUT2D eigenvalue weighted by atomic mass is 16.4. The predicted octanol–water partition coefficient (Wildman–Crippen LogP) is 4.35. The normalized spacial score (nSPS) is 58.4. The van der Waals surface area contributed by atoms with Gasteiger partial charge in [-0.25, -0.2) is 0 Å². The van der Waals surface area contributed by atoms with Crippen LogP contribution in [0.5, 0.6) is 0 Å². The molecule has 0 aromatic heterocycles. The minimum Gasteiger partial charge on any atom is -0.481 e. The summed E-state index contributed by atoms with van der Waals surface area (Å²) in [4.78, 5) is 25.2. The summed E-state index contributed by atoms with van der Waals surface area (Å²) in [5, 5.41) is 45.0. The lowest BCUT2D eigenvalue weighted by molar-refractivity contribution is -0.243. The standard InChI is InChI=1S/C30H46O6/c1-17-9-12-30(24(34)35)14-13-27(4)18(22(30)29(17,6)36)7-8-20-25(2)11-10-21(33)26(3,16-31)23(25)19(32)15-28(20,27)5/h7,16-17,19-23,32-33,36H,8-15H2,1-6H3,(H,34,35)/t17-,19?,20-,21?,22-,23-,25-,26?,27-,28-,29-,30+/m1/s1. The zero-order valence-electron chi connectivity index (χ0n) is 22.9. The number of rotatable bonds is 2. The van der Waals surface area contributed by atoms with E-state index in [0.29, 0.717) is 38.5 Å². The van der Waals surface area contributed by atoms with Gasteiger partial charge in [0.05, 0.1) is 28.6 Å². The van der Waals surface area contributed by atoms with Gasteiger partial charge in [0.15, 0.2) is 0 Å². The van der Waals surface area contributed by atoms with Gasteiger partial charge in [-0.15, -0.1) is 0 Å². The second-order valence-electron chi connectivity index (χ2n) is 14.6. The van der Waals surface area contributed by atoms with E-state index in [1.54, 1.807) is 0 Å². The molecular formula is C30H46O6. The molecule has 0 bridgehead atoms. The van der Waals surface area contributed by atoms with Crippen molar-refractivity contribution < 1.29 is 30.0 Å². The number of fused-ring (bicyclic) bond motifs is 7. The minimum atomic E-state index is -1.13. The largest absolute Gasteiger partial charge is 0.481 e. The van der Waals surface area contributed by atoms with Crippen LogP contribution in [0.2, 0.25) is 0 Å². The molecule has 5 aliphatic rings. The molecule has 202 valence electrons. The van der Waals surface area contributed by atoms with Gasteiger partial charge in [-0.2, -0.15) is 0 Å². The van der Waals surface area contributed by atoms with Gasteiger partial charge in [0.25, 0.3) is 0 Å². The van der Waals surface area contributed by atoms with Crippen LogP contribution in [0.3, 0.4) is 0 Å². The van der Waals surface area contributed by atoms with Gasteiger partial charge in [0.1, 0.15) is 6.29 Å². The van der Waals surface area contributed by atoms with E-state index >= 15 is 0 Å². The molecule has 5 aliphatic carbocycles. The molecule has 0 spiro atoms. The number of carboxylic acids is 1. The summed E-state index contributed by atoms with van der Waals surface area (Å²) in [7, 11) is 0. The number of carbonyl (C=O) groups is 2. The first-order valence-corrected chi connectivity index (χ1v) is 14.0. The van der Waals surface area contributed by atoms with Crippen LogP contribution in [0, 0.1) is 50.7 Å². The number of aliphatic hydroxyl groups is 3. The molecule has 0 amide bonds. The molecule has 0 aromatic rings. The third-order valence-electron chi connectivity index (χ3n) is 13.3. The SMILES string of the molecule is C[C@@H]1CC[C@]2(C(=O)O)CC[C@]3(C)C(=CC[C@@H]4[C@@]5(C)CCC(O)C(C)(C=O)[C@@H]5C(O)C[C@]43C)[C@@H]2[C@]1(C)O. The van der Waals surface area contributed by atoms with E-state index in [1.807, 2.05) is 20.8 Å². The summed E-state index contributed by atoms with van der Waals surface area (Å²) in [6.07, 6.45) is 6.66. The summed E-state index contributed by atoms with van der Waals surface area (Å²) < 4.78 is 0. The van der Waals surface area contributed by atoms with E-state index in [1.165, 1.54) is 0 Å². The first-order valence-electron chi connectivity index (χ1n) is 14.0. The lowest BCUT2D eigenvalue weighted by Crippen LogP contribution is -2.70. The summed E-state index contributed by atoms with van der Waals surface area (Å²) in [6, 6.07) is 0. The van der Waals surface area contributed by atoms with E-state index < -0.39 is 40.5 Å². The lowest BCUT2D eigenvalue weighted by atomic mass is 9.32. The highest BCUT2D eigenvalue weighted by Gasteiger charge is 2.73. The number of aldehydes is 1. The Balaban J connectivity index is 1.67. The molecule has 36 heavy (non-hydrogen) atoms. The number of allylic oxidation sites excluding steroid dienone is 1. The van der Waals surface area contributed by atoms with Crippen molar-refractivity contribution in [3.05, 3.63) is 11.6 Å². The Bertz CT molecular complexity index is 1000. The van der Waals surface area contributed by atoms with Gasteiger partial charge in [-0.1, -0.05) is 46.3 Å². The molecule has 0 aliphatic heterocycles. The van der Waals surface area contributed by atoms with Gasteiger partial charge in [0, 0.05) is 11.8 Å². The fraction of sp³-hybridized carbons (Fsp3) is 0.867. The Labute approximate surface area is 215 Å². The van der Waals surface area contributed by atoms with E-state index in [0.717, 1.165) is 24.7 Å². The van der Waals surface area contributed by atoms with Crippen molar-refractivity contribution in [2.24, 2.45) is 50.7 Å². The van der Waals surface area contributed by atoms with Crippen molar-refractivity contribution in [1.29, 1.82) is 0 Å². The zero-order valence-corrected chi connectivity index (χ0v) is 22.9. The van der Waals surface area contributed by atoms with E-state index in [9.17, 15) is 30.0 Å². The van der Waals surface area contributed by atoms with E-state index in [2.05, 4.69) is 26.8 Å². The number of carbonyl (C=O) groups excluding carboxylic acids is 1. The number of hydrogen-bond donors (Lipinski definition) is 4. The first-order chi connectivity index (χ1) is 16.6. The summed E-state index contributed by atoms with van der Waals surface area (Å²) in [6.45, 7) is 12.4. The summed E-state index contributed by atoms with van der Waals surface area (Å²) in [5.74, 6) is -1.41. The smallest absolute Gasteiger partial charge is 0.310 e. The predicted molar refractivity (Wildman–Crippen MR) is 136 cm³/mol. The molecule has 4 saturated carbocycles. The van der Waals surface area contributed by atoms with Crippen molar-refractivity contribution in [3.8, 4) is 0 Å². The Kier molecular flexibility index (Phi) is 5.61. The number of aliphatic carboxylic acids is 1. The second-order valence-corrected chi connectivity index (χ2v) is 14.6. The van der Waals surface area contributed by atoms with Gasteiger partial charge >= 0.3 is 5.97 Å². The molecule has 4 fully saturated rings.